The van der Waals surface area contributed by atoms with Crippen molar-refractivity contribution in [2.45, 2.75) is 6.92 Å². The highest BCUT2D eigenvalue weighted by molar-refractivity contribution is 7.18. The Morgan fingerprint density at radius 2 is 2.10 bits per heavy atom. The zero-order valence-electron chi connectivity index (χ0n) is 10.7. The van der Waals surface area contributed by atoms with Crippen LogP contribution in [0.25, 0.3) is 21.1 Å². The van der Waals surface area contributed by atoms with E-state index in [1.165, 1.54) is 22.7 Å². The van der Waals surface area contributed by atoms with Gasteiger partial charge in [-0.25, -0.2) is 9.78 Å². The van der Waals surface area contributed by atoms with Gasteiger partial charge in [0.2, 0.25) is 0 Å². The van der Waals surface area contributed by atoms with E-state index in [4.69, 9.17) is 0 Å². The van der Waals surface area contributed by atoms with E-state index < -0.39 is 5.97 Å². The molecule has 0 aliphatic carbocycles. The van der Waals surface area contributed by atoms with E-state index in [9.17, 15) is 9.90 Å². The summed E-state index contributed by atoms with van der Waals surface area (Å²) in [5, 5.41) is 12.0. The highest BCUT2D eigenvalue weighted by Gasteiger charge is 2.20. The number of benzene rings is 1. The molecule has 0 bridgehead atoms. The first-order valence-electron chi connectivity index (χ1n) is 6.00. The number of aryl methyl sites for hydroxylation is 1. The Hall–Kier alpha value is -1.98. The summed E-state index contributed by atoms with van der Waals surface area (Å²) < 4.78 is 0. The van der Waals surface area contributed by atoms with Crippen molar-refractivity contribution in [3.05, 3.63) is 52.2 Å². The summed E-state index contributed by atoms with van der Waals surface area (Å²) in [6, 6.07) is 11.7. The molecule has 5 heteroatoms. The summed E-state index contributed by atoms with van der Waals surface area (Å²) in [6.07, 6.45) is 0. The predicted molar refractivity (Wildman–Crippen MR) is 82.6 cm³/mol. The van der Waals surface area contributed by atoms with Crippen LogP contribution in [0.4, 0.5) is 0 Å². The molecule has 3 aromatic rings. The van der Waals surface area contributed by atoms with E-state index in [1.807, 2.05) is 48.7 Å². The number of rotatable bonds is 3. The Kier molecular flexibility index (Phi) is 3.38. The highest BCUT2D eigenvalue weighted by atomic mass is 32.1. The van der Waals surface area contributed by atoms with Crippen LogP contribution in [-0.4, -0.2) is 16.1 Å². The van der Waals surface area contributed by atoms with E-state index >= 15 is 0 Å². The molecular formula is C15H11NO2S2. The standard InChI is InChI=1S/C15H11NO2S2/c1-9-4-2-5-10(8-9)14-16-12(11-6-3-7-19-11)13(20-14)15(17)18/h2-8H,1H3,(H,17,18). The number of carboxylic acids is 1. The van der Waals surface area contributed by atoms with Gasteiger partial charge in [0.05, 0.1) is 4.88 Å². The molecule has 1 N–H and O–H groups in total. The Labute approximate surface area is 124 Å². The molecule has 100 valence electrons. The monoisotopic (exact) mass is 301 g/mol. The van der Waals surface area contributed by atoms with E-state index in [1.54, 1.807) is 0 Å². The number of carboxylic acid groups (broad SMARTS) is 1. The van der Waals surface area contributed by atoms with E-state index in [0.717, 1.165) is 21.0 Å². The molecule has 1 aromatic carbocycles. The summed E-state index contributed by atoms with van der Waals surface area (Å²) in [6.45, 7) is 2.01. The summed E-state index contributed by atoms with van der Waals surface area (Å²) in [7, 11) is 0. The second-order valence-electron chi connectivity index (χ2n) is 4.35. The van der Waals surface area contributed by atoms with Gasteiger partial charge in [0.1, 0.15) is 15.6 Å². The summed E-state index contributed by atoms with van der Waals surface area (Å²) in [5.74, 6) is -0.926. The van der Waals surface area contributed by atoms with Crippen LogP contribution < -0.4 is 0 Å². The van der Waals surface area contributed by atoms with Crippen molar-refractivity contribution in [3.8, 4) is 21.1 Å². The van der Waals surface area contributed by atoms with Crippen molar-refractivity contribution in [2.24, 2.45) is 0 Å². The molecular weight excluding hydrogens is 290 g/mol. The van der Waals surface area contributed by atoms with Crippen LogP contribution in [0.2, 0.25) is 0 Å². The van der Waals surface area contributed by atoms with Gasteiger partial charge >= 0.3 is 5.97 Å². The lowest BCUT2D eigenvalue weighted by molar-refractivity contribution is 0.0703. The maximum atomic E-state index is 11.4. The third kappa shape index (κ3) is 2.37. The molecule has 0 atom stereocenters. The molecule has 0 fully saturated rings. The molecule has 3 nitrogen and oxygen atoms in total. The van der Waals surface area contributed by atoms with Gasteiger partial charge in [-0.3, -0.25) is 0 Å². The Morgan fingerprint density at radius 3 is 2.75 bits per heavy atom. The first-order valence-corrected chi connectivity index (χ1v) is 7.70. The lowest BCUT2D eigenvalue weighted by atomic mass is 10.1. The van der Waals surface area contributed by atoms with Gasteiger partial charge in [-0.05, 0) is 24.4 Å². The van der Waals surface area contributed by atoms with Crippen LogP contribution in [0, 0.1) is 6.92 Å². The predicted octanol–water partition coefficient (Wildman–Crippen LogP) is 4.55. The van der Waals surface area contributed by atoms with E-state index in [-0.39, 0.29) is 0 Å². The van der Waals surface area contributed by atoms with Crippen molar-refractivity contribution in [1.29, 1.82) is 0 Å². The molecule has 0 amide bonds. The zero-order chi connectivity index (χ0) is 14.1. The lowest BCUT2D eigenvalue weighted by Gasteiger charge is -1.97. The number of hydrogen-bond acceptors (Lipinski definition) is 4. The van der Waals surface area contributed by atoms with Crippen molar-refractivity contribution in [3.63, 3.8) is 0 Å². The number of aromatic nitrogens is 1. The van der Waals surface area contributed by atoms with Gasteiger partial charge in [0.25, 0.3) is 0 Å². The lowest BCUT2D eigenvalue weighted by Crippen LogP contribution is -1.94. The van der Waals surface area contributed by atoms with Gasteiger partial charge in [-0.2, -0.15) is 0 Å². The Morgan fingerprint density at radius 1 is 1.25 bits per heavy atom. The number of carbonyl (C=O) groups is 1. The second-order valence-corrected chi connectivity index (χ2v) is 6.30. The normalized spacial score (nSPS) is 10.7. The first kappa shape index (κ1) is 13.0. The van der Waals surface area contributed by atoms with Gasteiger partial charge in [0.15, 0.2) is 0 Å². The smallest absolute Gasteiger partial charge is 0.348 e. The first-order chi connectivity index (χ1) is 9.65. The topological polar surface area (TPSA) is 50.2 Å². The molecule has 0 unspecified atom stereocenters. The van der Waals surface area contributed by atoms with Gasteiger partial charge in [0, 0.05) is 5.56 Å². The molecule has 2 heterocycles. The number of hydrogen-bond donors (Lipinski definition) is 1. The van der Waals surface area contributed by atoms with Gasteiger partial charge in [-0.1, -0.05) is 29.8 Å². The minimum atomic E-state index is -0.926. The second kappa shape index (κ2) is 5.19. The average Bonchev–Trinajstić information content (AvgIpc) is 3.08. The quantitative estimate of drug-likeness (QED) is 0.772. The van der Waals surface area contributed by atoms with Gasteiger partial charge in [-0.15, -0.1) is 22.7 Å². The molecule has 0 aliphatic heterocycles. The molecule has 0 aliphatic rings. The molecule has 0 saturated carbocycles. The minimum Gasteiger partial charge on any atom is -0.477 e. The minimum absolute atomic E-state index is 0.295. The maximum absolute atomic E-state index is 11.4. The maximum Gasteiger partial charge on any atom is 0.348 e. The number of thiazole rings is 1. The van der Waals surface area contributed by atoms with Crippen molar-refractivity contribution in [2.75, 3.05) is 0 Å². The summed E-state index contributed by atoms with van der Waals surface area (Å²) in [4.78, 5) is 17.1. The van der Waals surface area contributed by atoms with Crippen LogP contribution in [0.1, 0.15) is 15.2 Å². The molecule has 0 spiro atoms. The van der Waals surface area contributed by atoms with Gasteiger partial charge < -0.3 is 5.11 Å². The Balaban J connectivity index is 2.15. The average molecular weight is 301 g/mol. The number of thiophene rings is 1. The number of nitrogens with zero attached hydrogens (tertiary/aromatic N) is 1. The van der Waals surface area contributed by atoms with E-state index in [2.05, 4.69) is 4.98 Å². The highest BCUT2D eigenvalue weighted by Crippen LogP contribution is 2.35. The molecule has 0 radical (unpaired) electrons. The summed E-state index contributed by atoms with van der Waals surface area (Å²) >= 11 is 2.72. The van der Waals surface area contributed by atoms with Crippen molar-refractivity contribution >= 4 is 28.6 Å². The zero-order valence-corrected chi connectivity index (χ0v) is 12.3. The molecule has 0 saturated heterocycles. The van der Waals surface area contributed by atoms with Crippen molar-refractivity contribution in [1.82, 2.24) is 4.98 Å². The van der Waals surface area contributed by atoms with Crippen molar-refractivity contribution < 1.29 is 9.90 Å². The Bertz CT molecular complexity index is 760. The SMILES string of the molecule is Cc1cccc(-c2nc(-c3cccs3)c(C(=O)O)s2)c1. The van der Waals surface area contributed by atoms with Crippen LogP contribution in [-0.2, 0) is 0 Å². The third-order valence-electron chi connectivity index (χ3n) is 2.84. The fourth-order valence-corrected chi connectivity index (χ4v) is 3.65. The largest absolute Gasteiger partial charge is 0.477 e. The van der Waals surface area contributed by atoms with E-state index in [0.29, 0.717) is 10.6 Å². The van der Waals surface area contributed by atoms with Crippen LogP contribution in [0.3, 0.4) is 0 Å². The van der Waals surface area contributed by atoms with Crippen LogP contribution in [0.15, 0.2) is 41.8 Å². The molecule has 2 aromatic heterocycles. The molecule has 20 heavy (non-hydrogen) atoms. The fourth-order valence-electron chi connectivity index (χ4n) is 1.95. The fraction of sp³-hybridized carbons (Fsp3) is 0.0667. The molecule has 3 rings (SSSR count). The number of aromatic carboxylic acids is 1. The summed E-state index contributed by atoms with van der Waals surface area (Å²) in [5.41, 5.74) is 2.65. The van der Waals surface area contributed by atoms with Crippen LogP contribution >= 0.6 is 22.7 Å². The van der Waals surface area contributed by atoms with Crippen LogP contribution in [0.5, 0.6) is 0 Å². The third-order valence-corrected chi connectivity index (χ3v) is 4.81.